The lowest BCUT2D eigenvalue weighted by Crippen LogP contribution is -2.38. The highest BCUT2D eigenvalue weighted by molar-refractivity contribution is 5.86. The quantitative estimate of drug-likeness (QED) is 0.721. The largest absolute Gasteiger partial charge is 0.335 e. The molecule has 1 saturated carbocycles. The van der Waals surface area contributed by atoms with Crippen LogP contribution < -0.4 is 0 Å². The van der Waals surface area contributed by atoms with Crippen molar-refractivity contribution in [2.24, 2.45) is 0 Å². The first-order valence-electron chi connectivity index (χ1n) is 9.49. The number of hydrogen-bond acceptors (Lipinski definition) is 4. The summed E-state index contributed by atoms with van der Waals surface area (Å²) in [4.78, 5) is 14.7. The van der Waals surface area contributed by atoms with Crippen molar-refractivity contribution in [3.63, 3.8) is 0 Å². The summed E-state index contributed by atoms with van der Waals surface area (Å²) >= 11 is 0. The lowest BCUT2D eigenvalue weighted by atomic mass is 10.0. The number of tetrazole rings is 1. The Morgan fingerprint density at radius 1 is 1.23 bits per heavy atom. The molecule has 26 heavy (non-hydrogen) atoms. The Hall–Kier alpha value is -2.50. The molecule has 6 nitrogen and oxygen atoms in total. The maximum atomic E-state index is 12.6. The van der Waals surface area contributed by atoms with Crippen LogP contribution in [0.2, 0.25) is 0 Å². The van der Waals surface area contributed by atoms with Gasteiger partial charge in [-0.1, -0.05) is 31.4 Å². The van der Waals surface area contributed by atoms with Crippen LogP contribution in [0.15, 0.2) is 18.2 Å². The number of rotatable bonds is 4. The molecule has 0 radical (unpaired) electrons. The van der Waals surface area contributed by atoms with E-state index in [9.17, 15) is 4.79 Å². The van der Waals surface area contributed by atoms with Gasteiger partial charge in [0, 0.05) is 30.0 Å². The number of amides is 1. The summed E-state index contributed by atoms with van der Waals surface area (Å²) in [6.07, 6.45) is 5.13. The zero-order chi connectivity index (χ0) is 18.3. The third kappa shape index (κ3) is 2.83. The first-order chi connectivity index (χ1) is 12.6. The molecule has 1 aromatic carbocycles. The van der Waals surface area contributed by atoms with E-state index >= 15 is 0 Å². The van der Waals surface area contributed by atoms with Crippen LogP contribution in [0.4, 0.5) is 0 Å². The van der Waals surface area contributed by atoms with E-state index in [1.807, 2.05) is 16.3 Å². The van der Waals surface area contributed by atoms with E-state index in [0.29, 0.717) is 19.0 Å². The Morgan fingerprint density at radius 3 is 2.73 bits per heavy atom. The molecule has 136 valence electrons. The van der Waals surface area contributed by atoms with Crippen molar-refractivity contribution in [1.82, 2.24) is 24.9 Å². The van der Waals surface area contributed by atoms with Crippen LogP contribution in [0.5, 0.6) is 0 Å². The molecule has 4 rings (SSSR count). The van der Waals surface area contributed by atoms with Crippen LogP contribution in [0, 0.1) is 13.8 Å². The first kappa shape index (κ1) is 16.9. The van der Waals surface area contributed by atoms with Crippen molar-refractivity contribution >= 4 is 22.5 Å². The second-order valence-electron chi connectivity index (χ2n) is 7.42. The van der Waals surface area contributed by atoms with Gasteiger partial charge in [0.1, 0.15) is 0 Å². The van der Waals surface area contributed by atoms with E-state index < -0.39 is 0 Å². The van der Waals surface area contributed by atoms with Crippen LogP contribution >= 0.6 is 0 Å². The van der Waals surface area contributed by atoms with Gasteiger partial charge in [-0.25, -0.2) is 0 Å². The van der Waals surface area contributed by atoms with Crippen molar-refractivity contribution in [1.29, 1.82) is 0 Å². The number of carbonyl (C=O) groups is 1. The fourth-order valence-electron chi connectivity index (χ4n) is 4.32. The summed E-state index contributed by atoms with van der Waals surface area (Å²) in [7, 11) is 0. The van der Waals surface area contributed by atoms with E-state index in [-0.39, 0.29) is 5.91 Å². The Labute approximate surface area is 153 Å². The Bertz CT molecular complexity index is 971. The van der Waals surface area contributed by atoms with Crippen molar-refractivity contribution in [2.45, 2.75) is 65.5 Å². The zero-order valence-corrected chi connectivity index (χ0v) is 15.7. The summed E-state index contributed by atoms with van der Waals surface area (Å²) in [5, 5.41) is 13.5. The average Bonchev–Trinajstić information content (AvgIpc) is 3.29. The van der Waals surface area contributed by atoms with Gasteiger partial charge in [0.15, 0.2) is 5.65 Å². The Balaban J connectivity index is 1.84. The number of nitrogens with zero attached hydrogens (tertiary/aromatic N) is 5. The lowest BCUT2D eigenvalue weighted by Gasteiger charge is -2.29. The van der Waals surface area contributed by atoms with Gasteiger partial charge < -0.3 is 4.90 Å². The minimum Gasteiger partial charge on any atom is -0.335 e. The van der Waals surface area contributed by atoms with Crippen LogP contribution in [0.1, 0.15) is 55.7 Å². The maximum Gasteiger partial charge on any atom is 0.222 e. The molecule has 0 bridgehead atoms. The van der Waals surface area contributed by atoms with Gasteiger partial charge in [-0.15, -0.1) is 5.10 Å². The minimum atomic E-state index is 0.211. The number of aromatic nitrogens is 4. The van der Waals surface area contributed by atoms with Crippen molar-refractivity contribution in [3.8, 4) is 0 Å². The van der Waals surface area contributed by atoms with Crippen molar-refractivity contribution in [2.75, 3.05) is 0 Å². The highest BCUT2D eigenvalue weighted by Gasteiger charge is 2.27. The van der Waals surface area contributed by atoms with E-state index in [1.165, 1.54) is 18.4 Å². The molecule has 1 fully saturated rings. The molecule has 1 aliphatic carbocycles. The van der Waals surface area contributed by atoms with E-state index in [2.05, 4.69) is 47.6 Å². The van der Waals surface area contributed by atoms with Gasteiger partial charge >= 0.3 is 0 Å². The first-order valence-corrected chi connectivity index (χ1v) is 9.49. The molecule has 0 saturated heterocycles. The van der Waals surface area contributed by atoms with Crippen LogP contribution in [-0.2, 0) is 11.3 Å². The van der Waals surface area contributed by atoms with E-state index in [4.69, 9.17) is 0 Å². The number of benzene rings is 1. The fourth-order valence-corrected chi connectivity index (χ4v) is 4.32. The molecule has 0 spiro atoms. The maximum absolute atomic E-state index is 12.6. The zero-order valence-electron chi connectivity index (χ0n) is 15.7. The molecule has 2 aromatic heterocycles. The van der Waals surface area contributed by atoms with Gasteiger partial charge in [-0.05, 0) is 54.8 Å². The molecule has 2 heterocycles. The fraction of sp³-hybridized carbons (Fsp3) is 0.500. The van der Waals surface area contributed by atoms with Crippen LogP contribution in [-0.4, -0.2) is 36.9 Å². The van der Waals surface area contributed by atoms with E-state index in [1.54, 1.807) is 0 Å². The number of aryl methyl sites for hydroxylation is 2. The smallest absolute Gasteiger partial charge is 0.222 e. The normalized spacial score (nSPS) is 15.2. The van der Waals surface area contributed by atoms with Gasteiger partial charge in [-0.2, -0.15) is 4.52 Å². The Kier molecular flexibility index (Phi) is 4.34. The molecule has 0 aliphatic heterocycles. The predicted molar refractivity (Wildman–Crippen MR) is 101 cm³/mol. The highest BCUT2D eigenvalue weighted by atomic mass is 16.2. The third-order valence-corrected chi connectivity index (χ3v) is 5.50. The SMILES string of the molecule is CCC(=O)N(Cc1cc2cc(C)cc(C)c2n2nnnc12)C1CCCC1. The average molecular weight is 351 g/mol. The van der Waals surface area contributed by atoms with E-state index in [0.717, 1.165) is 40.5 Å². The summed E-state index contributed by atoms with van der Waals surface area (Å²) in [5.74, 6) is 0.211. The summed E-state index contributed by atoms with van der Waals surface area (Å²) in [5.41, 5.74) is 5.16. The van der Waals surface area contributed by atoms with Crippen LogP contribution in [0.3, 0.4) is 0 Å². The third-order valence-electron chi connectivity index (χ3n) is 5.50. The molecular formula is C20H25N5O. The highest BCUT2D eigenvalue weighted by Crippen LogP contribution is 2.28. The molecule has 1 aliphatic rings. The van der Waals surface area contributed by atoms with Crippen LogP contribution in [0.25, 0.3) is 16.6 Å². The molecule has 0 unspecified atom stereocenters. The molecule has 3 aromatic rings. The second-order valence-corrected chi connectivity index (χ2v) is 7.42. The molecule has 1 amide bonds. The van der Waals surface area contributed by atoms with Gasteiger partial charge in [0.25, 0.3) is 0 Å². The predicted octanol–water partition coefficient (Wildman–Crippen LogP) is 3.58. The lowest BCUT2D eigenvalue weighted by molar-refractivity contribution is -0.133. The second kappa shape index (κ2) is 6.67. The van der Waals surface area contributed by atoms with Gasteiger partial charge in [0.05, 0.1) is 5.52 Å². The molecule has 0 N–H and O–H groups in total. The monoisotopic (exact) mass is 351 g/mol. The molecular weight excluding hydrogens is 326 g/mol. The summed E-state index contributed by atoms with van der Waals surface area (Å²) < 4.78 is 1.82. The van der Waals surface area contributed by atoms with Crippen molar-refractivity contribution < 1.29 is 4.79 Å². The number of pyridine rings is 1. The summed E-state index contributed by atoms with van der Waals surface area (Å²) in [6, 6.07) is 6.81. The molecule has 6 heteroatoms. The van der Waals surface area contributed by atoms with Gasteiger partial charge in [0.2, 0.25) is 5.91 Å². The minimum absolute atomic E-state index is 0.211. The number of carbonyl (C=O) groups excluding carboxylic acids is 1. The Morgan fingerprint density at radius 2 is 2.00 bits per heavy atom. The standard InChI is InChI=1S/C20H25N5O/c1-4-18(26)24(17-7-5-6-8-17)12-16-11-15-10-13(2)9-14(3)19(15)25-20(16)21-22-23-25/h9-11,17H,4-8,12H2,1-3H3. The summed E-state index contributed by atoms with van der Waals surface area (Å²) in [6.45, 7) is 6.69. The van der Waals surface area contributed by atoms with Crippen molar-refractivity contribution in [3.05, 3.63) is 34.9 Å². The van der Waals surface area contributed by atoms with Gasteiger partial charge in [-0.3, -0.25) is 4.79 Å². The number of hydrogen-bond donors (Lipinski definition) is 0. The number of fused-ring (bicyclic) bond motifs is 3. The topological polar surface area (TPSA) is 63.4 Å². The molecule has 0 atom stereocenters.